The van der Waals surface area contributed by atoms with Crippen LogP contribution < -0.4 is 11.0 Å². The van der Waals surface area contributed by atoms with Gasteiger partial charge in [0, 0.05) is 47.6 Å². The largest absolute Gasteiger partial charge is 0.347 e. The van der Waals surface area contributed by atoms with E-state index in [1.165, 1.54) is 4.57 Å². The van der Waals surface area contributed by atoms with Gasteiger partial charge in [0.2, 0.25) is 0 Å². The minimum Gasteiger partial charge on any atom is -0.347 e. The van der Waals surface area contributed by atoms with Crippen molar-refractivity contribution in [2.24, 2.45) is 0 Å². The van der Waals surface area contributed by atoms with Crippen LogP contribution in [0, 0.1) is 0 Å². The lowest BCUT2D eigenvalue weighted by molar-refractivity contribution is 0.0706. The smallest absolute Gasteiger partial charge is 0.333 e. The fraction of sp³-hybridized carbons (Fsp3) is 0.133. The number of amides is 2. The number of H-pyrrole nitrogens is 1. The molecule has 2 N–H and O–H groups in total. The number of carbonyl (C=O) groups is 2. The zero-order valence-electron chi connectivity index (χ0n) is 21.7. The number of hydrogen-bond donors (Lipinski definition) is 2. The Morgan fingerprint density at radius 1 is 1.02 bits per heavy atom. The van der Waals surface area contributed by atoms with Gasteiger partial charge < -0.3 is 15.2 Å². The highest BCUT2D eigenvalue weighted by atomic mass is 79.9. The molecule has 11 heteroatoms. The summed E-state index contributed by atoms with van der Waals surface area (Å²) >= 11 is 9.59. The van der Waals surface area contributed by atoms with E-state index in [2.05, 4.69) is 31.2 Å². The maximum atomic E-state index is 13.8. The van der Waals surface area contributed by atoms with Gasteiger partial charge in [0.05, 0.1) is 22.9 Å². The lowest BCUT2D eigenvalue weighted by atomic mass is 10.1. The van der Waals surface area contributed by atoms with Crippen molar-refractivity contribution in [2.45, 2.75) is 19.6 Å². The van der Waals surface area contributed by atoms with Crippen LogP contribution in [0.15, 0.2) is 94.5 Å². The summed E-state index contributed by atoms with van der Waals surface area (Å²) in [6.45, 7) is 0.940. The molecule has 0 radical (unpaired) electrons. The van der Waals surface area contributed by atoms with Crippen molar-refractivity contribution < 1.29 is 9.59 Å². The molecule has 0 spiro atoms. The van der Waals surface area contributed by atoms with Crippen molar-refractivity contribution in [3.05, 3.63) is 128 Å². The molecule has 1 aliphatic rings. The Morgan fingerprint density at radius 2 is 1.80 bits per heavy atom. The SMILES string of the molecule is O=C(NCc1ccccc1)c1c2n(c(=O)n1-c1ccc(-c3ncc[nH]3)cc1)CCN(C(=O)c1ccc(Br)c(Cl)c1)C2. The second-order valence-corrected chi connectivity index (χ2v) is 10.8. The van der Waals surface area contributed by atoms with Crippen LogP contribution >= 0.6 is 27.5 Å². The van der Waals surface area contributed by atoms with Crippen LogP contribution in [-0.4, -0.2) is 42.4 Å². The Labute approximate surface area is 248 Å². The van der Waals surface area contributed by atoms with Crippen LogP contribution in [0.5, 0.6) is 0 Å². The standard InChI is InChI=1S/C30H24BrClN6O3/c31-23-11-8-21(16-24(23)32)29(40)36-14-15-37-25(18-36)26(28(39)35-17-19-4-2-1-3-5-19)38(30(37)41)22-9-6-20(7-10-22)27-33-12-13-34-27/h1-13,16H,14-15,17-18H2,(H,33,34)(H,35,39). The number of imidazole rings is 2. The highest BCUT2D eigenvalue weighted by molar-refractivity contribution is 9.10. The number of carbonyl (C=O) groups excluding carboxylic acids is 2. The molecule has 3 aromatic carbocycles. The highest BCUT2D eigenvalue weighted by Crippen LogP contribution is 2.26. The summed E-state index contributed by atoms with van der Waals surface area (Å²) in [6.07, 6.45) is 3.40. The van der Waals surface area contributed by atoms with E-state index in [0.717, 1.165) is 11.1 Å². The summed E-state index contributed by atoms with van der Waals surface area (Å²) in [5.41, 5.74) is 3.06. The number of halogens is 2. The van der Waals surface area contributed by atoms with Gasteiger partial charge in [-0.1, -0.05) is 41.9 Å². The fourth-order valence-electron chi connectivity index (χ4n) is 4.97. The Bertz CT molecular complexity index is 1800. The third-order valence-corrected chi connectivity index (χ3v) is 8.27. The number of nitrogens with zero attached hydrogens (tertiary/aromatic N) is 4. The average molecular weight is 632 g/mol. The molecule has 9 nitrogen and oxygen atoms in total. The Kier molecular flexibility index (Phi) is 7.34. The summed E-state index contributed by atoms with van der Waals surface area (Å²) < 4.78 is 3.69. The Morgan fingerprint density at radius 3 is 2.51 bits per heavy atom. The molecule has 0 aliphatic carbocycles. The third-order valence-electron chi connectivity index (χ3n) is 7.04. The first-order valence-electron chi connectivity index (χ1n) is 12.9. The van der Waals surface area contributed by atoms with Gasteiger partial charge in [0.1, 0.15) is 11.5 Å². The number of benzene rings is 3. The average Bonchev–Trinajstić information content (AvgIpc) is 3.64. The van der Waals surface area contributed by atoms with Gasteiger partial charge >= 0.3 is 5.69 Å². The zero-order valence-corrected chi connectivity index (χ0v) is 24.0. The quantitative estimate of drug-likeness (QED) is 0.274. The van der Waals surface area contributed by atoms with Crippen LogP contribution in [-0.2, 0) is 19.6 Å². The van der Waals surface area contributed by atoms with Crippen molar-refractivity contribution in [3.63, 3.8) is 0 Å². The molecule has 41 heavy (non-hydrogen) atoms. The molecular weight excluding hydrogens is 608 g/mol. The normalized spacial score (nSPS) is 12.7. The molecule has 0 saturated carbocycles. The number of aromatic amines is 1. The zero-order chi connectivity index (χ0) is 28.5. The molecule has 0 unspecified atom stereocenters. The van der Waals surface area contributed by atoms with Gasteiger partial charge in [0.15, 0.2) is 0 Å². The van der Waals surface area contributed by atoms with E-state index in [9.17, 15) is 14.4 Å². The maximum Gasteiger partial charge on any atom is 0.333 e. The van der Waals surface area contributed by atoms with E-state index in [1.54, 1.807) is 52.2 Å². The molecule has 6 rings (SSSR count). The van der Waals surface area contributed by atoms with E-state index in [4.69, 9.17) is 11.6 Å². The van der Waals surface area contributed by atoms with E-state index in [1.807, 2.05) is 42.5 Å². The number of nitrogens with one attached hydrogen (secondary N) is 2. The van der Waals surface area contributed by atoms with Gasteiger partial charge in [-0.05, 0) is 64.0 Å². The molecular formula is C30H24BrClN6O3. The number of hydrogen-bond acceptors (Lipinski definition) is 4. The highest BCUT2D eigenvalue weighted by Gasteiger charge is 2.32. The van der Waals surface area contributed by atoms with Crippen molar-refractivity contribution >= 4 is 39.3 Å². The van der Waals surface area contributed by atoms with E-state index < -0.39 is 5.91 Å². The van der Waals surface area contributed by atoms with E-state index in [0.29, 0.717) is 38.8 Å². The van der Waals surface area contributed by atoms with Crippen LogP contribution in [0.3, 0.4) is 0 Å². The molecule has 3 heterocycles. The number of rotatable bonds is 6. The minimum absolute atomic E-state index is 0.0906. The Balaban J connectivity index is 1.38. The molecule has 2 amide bonds. The molecule has 0 saturated heterocycles. The molecule has 0 fully saturated rings. The molecule has 1 aliphatic heterocycles. The summed E-state index contributed by atoms with van der Waals surface area (Å²) in [5, 5.41) is 3.38. The number of aromatic nitrogens is 4. The van der Waals surface area contributed by atoms with Crippen LogP contribution in [0.4, 0.5) is 0 Å². The van der Waals surface area contributed by atoms with E-state index in [-0.39, 0.29) is 36.9 Å². The first kappa shape index (κ1) is 26.8. The molecule has 5 aromatic rings. The van der Waals surface area contributed by atoms with E-state index >= 15 is 0 Å². The van der Waals surface area contributed by atoms with Gasteiger partial charge in [0.25, 0.3) is 11.8 Å². The Hall–Kier alpha value is -4.41. The predicted octanol–water partition coefficient (Wildman–Crippen LogP) is 5.03. The van der Waals surface area contributed by atoms with Crippen molar-refractivity contribution in [1.29, 1.82) is 0 Å². The summed E-state index contributed by atoms with van der Waals surface area (Å²) in [6, 6.07) is 21.8. The van der Waals surface area contributed by atoms with Crippen LogP contribution in [0.1, 0.15) is 32.1 Å². The first-order chi connectivity index (χ1) is 19.9. The molecule has 2 aromatic heterocycles. The van der Waals surface area contributed by atoms with Gasteiger partial charge in [-0.15, -0.1) is 0 Å². The fourth-order valence-corrected chi connectivity index (χ4v) is 5.40. The lowest BCUT2D eigenvalue weighted by Gasteiger charge is -2.28. The number of fused-ring (bicyclic) bond motifs is 1. The molecule has 206 valence electrons. The second kappa shape index (κ2) is 11.2. The van der Waals surface area contributed by atoms with Crippen molar-refractivity contribution in [1.82, 2.24) is 29.3 Å². The monoisotopic (exact) mass is 630 g/mol. The first-order valence-corrected chi connectivity index (χ1v) is 14.1. The van der Waals surface area contributed by atoms with Gasteiger partial charge in [-0.25, -0.2) is 9.78 Å². The maximum absolute atomic E-state index is 13.8. The van der Waals surface area contributed by atoms with Crippen LogP contribution in [0.25, 0.3) is 17.1 Å². The lowest BCUT2D eigenvalue weighted by Crippen LogP contribution is -2.41. The summed E-state index contributed by atoms with van der Waals surface area (Å²) in [4.78, 5) is 49.9. The van der Waals surface area contributed by atoms with Gasteiger partial charge in [-0.2, -0.15) is 0 Å². The minimum atomic E-state index is -0.407. The second-order valence-electron chi connectivity index (χ2n) is 9.57. The molecule has 0 atom stereocenters. The third kappa shape index (κ3) is 5.23. The van der Waals surface area contributed by atoms with Gasteiger partial charge in [-0.3, -0.25) is 18.7 Å². The summed E-state index contributed by atoms with van der Waals surface area (Å²) in [7, 11) is 0. The topological polar surface area (TPSA) is 105 Å². The summed E-state index contributed by atoms with van der Waals surface area (Å²) in [5.74, 6) is 0.0585. The molecule has 0 bridgehead atoms. The van der Waals surface area contributed by atoms with Crippen LogP contribution in [0.2, 0.25) is 5.02 Å². The predicted molar refractivity (Wildman–Crippen MR) is 159 cm³/mol. The van der Waals surface area contributed by atoms with Crippen molar-refractivity contribution in [2.75, 3.05) is 6.54 Å². The van der Waals surface area contributed by atoms with Crippen molar-refractivity contribution in [3.8, 4) is 17.1 Å².